The lowest BCUT2D eigenvalue weighted by Gasteiger charge is -2.22. The number of carbonyl (C=O) groups excluding carboxylic acids is 2. The largest absolute Gasteiger partial charge is 0.332 e. The van der Waals surface area contributed by atoms with Crippen molar-refractivity contribution in [3.63, 3.8) is 0 Å². The minimum absolute atomic E-state index is 0.0144. The first-order valence-electron chi connectivity index (χ1n) is 4.62. The third-order valence-corrected chi connectivity index (χ3v) is 3.18. The fourth-order valence-corrected chi connectivity index (χ4v) is 2.17. The zero-order chi connectivity index (χ0) is 10.7. The molecule has 0 radical (unpaired) electrons. The maximum Gasteiger partial charge on any atom is 0.230 e. The van der Waals surface area contributed by atoms with Crippen molar-refractivity contribution in [3.8, 4) is 0 Å². The third kappa shape index (κ3) is 2.90. The summed E-state index contributed by atoms with van der Waals surface area (Å²) in [4.78, 5) is 23.9. The van der Waals surface area contributed by atoms with E-state index in [1.165, 1.54) is 0 Å². The van der Waals surface area contributed by atoms with Crippen molar-refractivity contribution < 1.29 is 13.8 Å². The zero-order valence-corrected chi connectivity index (χ0v) is 9.30. The van der Waals surface area contributed by atoms with E-state index in [2.05, 4.69) is 0 Å². The fraction of sp³-hybridized carbons (Fsp3) is 0.778. The molecular formula is C9H15NO3S. The minimum atomic E-state index is -0.829. The van der Waals surface area contributed by atoms with Crippen LogP contribution in [-0.4, -0.2) is 45.4 Å². The molecule has 0 aliphatic carbocycles. The summed E-state index contributed by atoms with van der Waals surface area (Å²) in [5.41, 5.74) is 0. The number of rotatable bonds is 4. The molecule has 1 amide bonds. The van der Waals surface area contributed by atoms with Gasteiger partial charge in [-0.3, -0.25) is 13.8 Å². The number of hydrogen-bond acceptors (Lipinski definition) is 3. The first-order chi connectivity index (χ1) is 6.50. The molecule has 0 N–H and O–H groups in total. The van der Waals surface area contributed by atoms with E-state index in [1.54, 1.807) is 11.2 Å². The molecule has 1 fully saturated rings. The van der Waals surface area contributed by atoms with Gasteiger partial charge in [-0.2, -0.15) is 0 Å². The summed E-state index contributed by atoms with van der Waals surface area (Å²) in [6.07, 6.45) is 2.38. The van der Waals surface area contributed by atoms with Crippen molar-refractivity contribution in [2.24, 2.45) is 0 Å². The first-order valence-corrected chi connectivity index (χ1v) is 6.34. The maximum absolute atomic E-state index is 11.3. The lowest BCUT2D eigenvalue weighted by Crippen LogP contribution is -2.35. The van der Waals surface area contributed by atoms with E-state index in [0.717, 1.165) is 0 Å². The SMILES string of the molecule is CC(CCS(C)=O)N1CC(=O)CC1=O. The van der Waals surface area contributed by atoms with Crippen LogP contribution in [0, 0.1) is 0 Å². The number of Topliss-reactive ketones (excluding diaryl/α,β-unsaturated/α-hetero) is 1. The van der Waals surface area contributed by atoms with Gasteiger partial charge < -0.3 is 4.90 Å². The highest BCUT2D eigenvalue weighted by Gasteiger charge is 2.30. The van der Waals surface area contributed by atoms with Crippen LogP contribution in [0.15, 0.2) is 0 Å². The highest BCUT2D eigenvalue weighted by atomic mass is 32.2. The first kappa shape index (κ1) is 11.4. The monoisotopic (exact) mass is 217 g/mol. The summed E-state index contributed by atoms with van der Waals surface area (Å²) < 4.78 is 10.8. The van der Waals surface area contributed by atoms with Crippen LogP contribution in [0.3, 0.4) is 0 Å². The average Bonchev–Trinajstić information content (AvgIpc) is 2.41. The Morgan fingerprint density at radius 1 is 1.50 bits per heavy atom. The molecule has 0 spiro atoms. The summed E-state index contributed by atoms with van der Waals surface area (Å²) in [5, 5.41) is 0. The van der Waals surface area contributed by atoms with Crippen molar-refractivity contribution in [1.29, 1.82) is 0 Å². The standard InChI is InChI=1S/C9H15NO3S/c1-7(3-4-14(2)13)10-6-8(11)5-9(10)12/h7H,3-6H2,1-2H3. The van der Waals surface area contributed by atoms with E-state index in [1.807, 2.05) is 6.92 Å². The lowest BCUT2D eigenvalue weighted by atomic mass is 10.2. The summed E-state index contributed by atoms with van der Waals surface area (Å²) in [6.45, 7) is 2.12. The molecular weight excluding hydrogens is 202 g/mol. The van der Waals surface area contributed by atoms with E-state index in [4.69, 9.17) is 0 Å². The molecule has 1 rings (SSSR count). The zero-order valence-electron chi connectivity index (χ0n) is 8.49. The van der Waals surface area contributed by atoms with E-state index in [9.17, 15) is 13.8 Å². The Balaban J connectivity index is 2.44. The second-order valence-corrected chi connectivity index (χ2v) is 5.21. The van der Waals surface area contributed by atoms with Crippen molar-refractivity contribution in [2.75, 3.05) is 18.6 Å². The number of ketones is 1. The summed E-state index contributed by atoms with van der Waals surface area (Å²) in [6, 6.07) is 0.0258. The van der Waals surface area contributed by atoms with Gasteiger partial charge in [0.15, 0.2) is 5.78 Å². The van der Waals surface area contributed by atoms with Gasteiger partial charge in [-0.25, -0.2) is 0 Å². The smallest absolute Gasteiger partial charge is 0.230 e. The Labute approximate surface area is 86.1 Å². The third-order valence-electron chi connectivity index (χ3n) is 2.37. The van der Waals surface area contributed by atoms with Crippen molar-refractivity contribution in [3.05, 3.63) is 0 Å². The predicted octanol–water partition coefficient (Wildman–Crippen LogP) is -0.0551. The molecule has 4 nitrogen and oxygen atoms in total. The van der Waals surface area contributed by atoms with Gasteiger partial charge in [-0.1, -0.05) is 0 Å². The molecule has 5 heteroatoms. The Morgan fingerprint density at radius 3 is 2.57 bits per heavy atom. The normalized spacial score (nSPS) is 21.4. The second-order valence-electron chi connectivity index (χ2n) is 3.65. The van der Waals surface area contributed by atoms with Crippen molar-refractivity contribution in [1.82, 2.24) is 4.90 Å². The Bertz CT molecular complexity index is 277. The van der Waals surface area contributed by atoms with Crippen molar-refractivity contribution >= 4 is 22.5 Å². The van der Waals surface area contributed by atoms with Crippen LogP contribution in [0.4, 0.5) is 0 Å². The molecule has 80 valence electrons. The Morgan fingerprint density at radius 2 is 2.14 bits per heavy atom. The van der Waals surface area contributed by atoms with Crippen LogP contribution >= 0.6 is 0 Å². The Kier molecular flexibility index (Phi) is 3.80. The topological polar surface area (TPSA) is 54.5 Å². The number of amides is 1. The number of hydrogen-bond donors (Lipinski definition) is 0. The summed E-state index contributed by atoms with van der Waals surface area (Å²) in [7, 11) is -0.829. The van der Waals surface area contributed by atoms with E-state index < -0.39 is 10.8 Å². The van der Waals surface area contributed by atoms with Gasteiger partial charge in [-0.15, -0.1) is 0 Å². The molecule has 0 aromatic carbocycles. The van der Waals surface area contributed by atoms with E-state index >= 15 is 0 Å². The molecule has 2 unspecified atom stereocenters. The molecule has 0 saturated carbocycles. The molecule has 14 heavy (non-hydrogen) atoms. The van der Waals surface area contributed by atoms with Crippen molar-refractivity contribution in [2.45, 2.75) is 25.8 Å². The summed E-state index contributed by atoms with van der Waals surface area (Å²) >= 11 is 0. The highest BCUT2D eigenvalue weighted by Crippen LogP contribution is 2.13. The highest BCUT2D eigenvalue weighted by molar-refractivity contribution is 7.84. The van der Waals surface area contributed by atoms with E-state index in [-0.39, 0.29) is 30.7 Å². The van der Waals surface area contributed by atoms with Gasteiger partial charge in [0, 0.05) is 28.9 Å². The lowest BCUT2D eigenvalue weighted by molar-refractivity contribution is -0.129. The minimum Gasteiger partial charge on any atom is -0.332 e. The molecule has 1 aliphatic heterocycles. The predicted molar refractivity (Wildman–Crippen MR) is 54.3 cm³/mol. The molecule has 0 aromatic heterocycles. The van der Waals surface area contributed by atoms with Gasteiger partial charge in [0.2, 0.25) is 5.91 Å². The maximum atomic E-state index is 11.3. The van der Waals surface area contributed by atoms with E-state index in [0.29, 0.717) is 12.2 Å². The van der Waals surface area contributed by atoms with Gasteiger partial charge >= 0.3 is 0 Å². The molecule has 1 saturated heterocycles. The van der Waals surface area contributed by atoms with Crippen LogP contribution in [0.1, 0.15) is 19.8 Å². The molecule has 2 atom stereocenters. The fourth-order valence-electron chi connectivity index (χ4n) is 1.50. The number of carbonyl (C=O) groups is 2. The van der Waals surface area contributed by atoms with Gasteiger partial charge in [0.1, 0.15) is 0 Å². The second kappa shape index (κ2) is 4.68. The Hall–Kier alpha value is -0.710. The van der Waals surface area contributed by atoms with Gasteiger partial charge in [0.25, 0.3) is 0 Å². The van der Waals surface area contributed by atoms with Crippen LogP contribution in [0.25, 0.3) is 0 Å². The number of likely N-dealkylation sites (tertiary alicyclic amines) is 1. The summed E-state index contributed by atoms with van der Waals surface area (Å²) in [5.74, 6) is 0.475. The molecule has 0 aromatic rings. The quantitative estimate of drug-likeness (QED) is 0.620. The van der Waals surface area contributed by atoms with Crippen LogP contribution < -0.4 is 0 Å². The van der Waals surface area contributed by atoms with Crippen LogP contribution in [0.2, 0.25) is 0 Å². The van der Waals surface area contributed by atoms with Gasteiger partial charge in [0.05, 0.1) is 13.0 Å². The van der Waals surface area contributed by atoms with Crippen LogP contribution in [-0.2, 0) is 20.4 Å². The van der Waals surface area contributed by atoms with Gasteiger partial charge in [-0.05, 0) is 13.3 Å². The molecule has 0 bridgehead atoms. The number of nitrogens with zero attached hydrogens (tertiary/aromatic N) is 1. The van der Waals surface area contributed by atoms with Crippen LogP contribution in [0.5, 0.6) is 0 Å². The molecule has 1 aliphatic rings. The molecule has 1 heterocycles. The average molecular weight is 217 g/mol.